The van der Waals surface area contributed by atoms with Crippen molar-refractivity contribution in [2.24, 2.45) is 0 Å². The number of aryl methyl sites for hydroxylation is 2. The molecular formula is C36H40FN5O5. The number of benzene rings is 3. The molecule has 0 bridgehead atoms. The molecule has 3 heterocycles. The Morgan fingerprint density at radius 2 is 1.79 bits per heavy atom. The topological polar surface area (TPSA) is 107 Å². The third-order valence-corrected chi connectivity index (χ3v) is 8.16. The highest BCUT2D eigenvalue weighted by molar-refractivity contribution is 6.06. The van der Waals surface area contributed by atoms with Crippen molar-refractivity contribution in [1.29, 1.82) is 0 Å². The molecule has 0 spiro atoms. The summed E-state index contributed by atoms with van der Waals surface area (Å²) in [6.45, 7) is 12.2. The zero-order valence-electron chi connectivity index (χ0n) is 27.2. The first-order valence-corrected chi connectivity index (χ1v) is 15.9. The van der Waals surface area contributed by atoms with Crippen molar-refractivity contribution in [2.45, 2.75) is 46.1 Å². The van der Waals surface area contributed by atoms with Crippen LogP contribution in [0.25, 0.3) is 0 Å². The first-order valence-electron chi connectivity index (χ1n) is 15.9. The molecule has 1 saturated heterocycles. The molecule has 10 nitrogen and oxygen atoms in total. The van der Waals surface area contributed by atoms with Crippen LogP contribution in [0.15, 0.2) is 60.8 Å². The summed E-state index contributed by atoms with van der Waals surface area (Å²) in [6.07, 6.45) is 2.83. The maximum atomic E-state index is 15.0. The number of carbonyl (C=O) groups excluding carboxylic acids is 1. The molecule has 6 rings (SSSR count). The molecular weight excluding hydrogens is 601 g/mol. The average molecular weight is 642 g/mol. The first kappa shape index (κ1) is 32.2. The number of amides is 1. The van der Waals surface area contributed by atoms with Crippen LogP contribution in [-0.4, -0.2) is 65.8 Å². The lowest BCUT2D eigenvalue weighted by Gasteiger charge is -2.26. The van der Waals surface area contributed by atoms with Gasteiger partial charge in [0.25, 0.3) is 5.91 Å². The summed E-state index contributed by atoms with van der Waals surface area (Å²) in [4.78, 5) is 25.0. The van der Waals surface area contributed by atoms with Gasteiger partial charge in [0.1, 0.15) is 11.2 Å². The Kier molecular flexibility index (Phi) is 9.55. The molecule has 11 heteroatoms. The van der Waals surface area contributed by atoms with Crippen LogP contribution in [0.5, 0.6) is 23.1 Å². The van der Waals surface area contributed by atoms with E-state index in [9.17, 15) is 4.79 Å². The lowest BCUT2D eigenvalue weighted by atomic mass is 10.0. The second kappa shape index (κ2) is 13.9. The van der Waals surface area contributed by atoms with Gasteiger partial charge < -0.3 is 29.6 Å². The van der Waals surface area contributed by atoms with Gasteiger partial charge >= 0.3 is 0 Å². The zero-order valence-corrected chi connectivity index (χ0v) is 27.2. The lowest BCUT2D eigenvalue weighted by Crippen LogP contribution is -2.37. The van der Waals surface area contributed by atoms with Crippen LogP contribution in [0.1, 0.15) is 47.3 Å². The van der Waals surface area contributed by atoms with Crippen molar-refractivity contribution in [1.82, 2.24) is 14.9 Å². The van der Waals surface area contributed by atoms with E-state index < -0.39 is 17.3 Å². The zero-order chi connectivity index (χ0) is 33.0. The van der Waals surface area contributed by atoms with Gasteiger partial charge in [0, 0.05) is 43.5 Å². The first-order chi connectivity index (χ1) is 22.7. The number of carbonyl (C=O) groups is 1. The number of hydrogen-bond donors (Lipinski definition) is 2. The summed E-state index contributed by atoms with van der Waals surface area (Å²) in [6, 6.07) is 16.0. The van der Waals surface area contributed by atoms with Gasteiger partial charge in [0.15, 0.2) is 23.1 Å². The van der Waals surface area contributed by atoms with E-state index in [1.54, 1.807) is 18.2 Å². The Morgan fingerprint density at radius 3 is 2.57 bits per heavy atom. The van der Waals surface area contributed by atoms with Crippen molar-refractivity contribution in [3.63, 3.8) is 0 Å². The molecule has 1 amide bonds. The quantitative estimate of drug-likeness (QED) is 0.170. The van der Waals surface area contributed by atoms with E-state index in [0.717, 1.165) is 56.0 Å². The van der Waals surface area contributed by atoms with Crippen LogP contribution in [0, 0.1) is 19.7 Å². The van der Waals surface area contributed by atoms with Gasteiger partial charge in [-0.1, -0.05) is 36.4 Å². The minimum atomic E-state index is -0.512. The number of rotatable bonds is 11. The molecule has 1 aromatic heterocycles. The second-order valence-corrected chi connectivity index (χ2v) is 12.4. The fourth-order valence-electron chi connectivity index (χ4n) is 5.79. The van der Waals surface area contributed by atoms with E-state index in [-0.39, 0.29) is 23.1 Å². The highest BCUT2D eigenvalue weighted by Gasteiger charge is 2.33. The van der Waals surface area contributed by atoms with Gasteiger partial charge in [-0.15, -0.1) is 0 Å². The third kappa shape index (κ3) is 7.64. The van der Waals surface area contributed by atoms with Crippen LogP contribution in [0.2, 0.25) is 0 Å². The predicted octanol–water partition coefficient (Wildman–Crippen LogP) is 6.84. The van der Waals surface area contributed by atoms with Gasteiger partial charge in [-0.3, -0.25) is 9.69 Å². The fourth-order valence-corrected chi connectivity index (χ4v) is 5.79. The van der Waals surface area contributed by atoms with E-state index in [0.29, 0.717) is 35.9 Å². The standard InChI is InChI=1S/C36H40FN5O5/c1-23-9-5-10-24(2)30(23)40-33(43)26-22-38-35(41-34(26)46-29-14-6-11-25-21-36(3,4)47-31(25)29)39-28-13-7-12-27(37)32(28)45-18-8-15-42-16-19-44-20-17-42/h5-7,9-14,22H,8,15-21H2,1-4H3,(H,40,43)(H,38,39,41). The lowest BCUT2D eigenvalue weighted by molar-refractivity contribution is 0.0357. The van der Waals surface area contributed by atoms with Crippen molar-refractivity contribution >= 4 is 23.2 Å². The number of ether oxygens (including phenoxy) is 4. The largest absolute Gasteiger partial charge is 0.488 e. The van der Waals surface area contributed by atoms with Crippen molar-refractivity contribution < 1.29 is 28.1 Å². The predicted molar refractivity (Wildman–Crippen MR) is 178 cm³/mol. The molecule has 4 aromatic rings. The van der Waals surface area contributed by atoms with Crippen molar-refractivity contribution in [2.75, 3.05) is 50.1 Å². The molecule has 2 N–H and O–H groups in total. The Balaban J connectivity index is 1.27. The third-order valence-electron chi connectivity index (χ3n) is 8.16. The molecule has 1 fully saturated rings. The van der Waals surface area contributed by atoms with Crippen LogP contribution in [-0.2, 0) is 11.2 Å². The van der Waals surface area contributed by atoms with Gasteiger partial charge in [0.2, 0.25) is 11.8 Å². The Hall–Kier alpha value is -4.74. The van der Waals surface area contributed by atoms with Crippen LogP contribution in [0.3, 0.4) is 0 Å². The SMILES string of the molecule is Cc1cccc(C)c1NC(=O)c1cnc(Nc2cccc(F)c2OCCCN2CCOCC2)nc1Oc1cccc2c1OC(C)(C)C2. The highest BCUT2D eigenvalue weighted by atomic mass is 19.1. The van der Waals surface area contributed by atoms with E-state index in [2.05, 4.69) is 25.5 Å². The minimum absolute atomic E-state index is 0.0114. The van der Waals surface area contributed by atoms with Crippen LogP contribution in [0.4, 0.5) is 21.7 Å². The summed E-state index contributed by atoms with van der Waals surface area (Å²) in [5.41, 5.74) is 3.59. The number of nitrogens with one attached hydrogen (secondary N) is 2. The van der Waals surface area contributed by atoms with Crippen molar-refractivity contribution in [3.05, 3.63) is 88.9 Å². The monoisotopic (exact) mass is 641 g/mol. The summed E-state index contributed by atoms with van der Waals surface area (Å²) in [5, 5.41) is 6.07. The number of aromatic nitrogens is 2. The second-order valence-electron chi connectivity index (χ2n) is 12.4. The number of hydrogen-bond acceptors (Lipinski definition) is 9. The molecule has 0 radical (unpaired) electrons. The van der Waals surface area contributed by atoms with Gasteiger partial charge in [-0.25, -0.2) is 9.37 Å². The molecule has 0 aliphatic carbocycles. The highest BCUT2D eigenvalue weighted by Crippen LogP contribution is 2.44. The number of fused-ring (bicyclic) bond motifs is 1. The Labute approximate surface area is 274 Å². The summed E-state index contributed by atoms with van der Waals surface area (Å²) in [7, 11) is 0. The number of nitrogens with zero attached hydrogens (tertiary/aromatic N) is 3. The molecule has 2 aliphatic heterocycles. The van der Waals surface area contributed by atoms with Crippen LogP contribution >= 0.6 is 0 Å². The Bertz CT molecular complexity index is 1740. The van der Waals surface area contributed by atoms with Gasteiger partial charge in [-0.05, 0) is 63.4 Å². The van der Waals surface area contributed by atoms with E-state index in [4.69, 9.17) is 18.9 Å². The molecule has 246 valence electrons. The molecule has 0 atom stereocenters. The normalized spacial score (nSPS) is 15.4. The van der Waals surface area contributed by atoms with E-state index in [1.807, 2.05) is 58.0 Å². The maximum Gasteiger partial charge on any atom is 0.262 e. The molecule has 3 aromatic carbocycles. The molecule has 47 heavy (non-hydrogen) atoms. The number of morpholine rings is 1. The fraction of sp³-hybridized carbons (Fsp3) is 0.361. The number of halogens is 1. The maximum absolute atomic E-state index is 15.0. The number of para-hydroxylation sites is 3. The summed E-state index contributed by atoms with van der Waals surface area (Å²) in [5.74, 6) is 0.251. The van der Waals surface area contributed by atoms with Gasteiger partial charge in [-0.2, -0.15) is 4.98 Å². The summed E-state index contributed by atoms with van der Waals surface area (Å²) >= 11 is 0. The minimum Gasteiger partial charge on any atom is -0.488 e. The summed E-state index contributed by atoms with van der Waals surface area (Å²) < 4.78 is 38.9. The smallest absolute Gasteiger partial charge is 0.262 e. The Morgan fingerprint density at radius 1 is 1.04 bits per heavy atom. The molecule has 2 aliphatic rings. The average Bonchev–Trinajstić information content (AvgIpc) is 3.37. The van der Waals surface area contributed by atoms with Crippen molar-refractivity contribution in [3.8, 4) is 23.1 Å². The van der Waals surface area contributed by atoms with E-state index >= 15 is 4.39 Å². The van der Waals surface area contributed by atoms with Crippen LogP contribution < -0.4 is 24.8 Å². The number of anilines is 3. The van der Waals surface area contributed by atoms with E-state index in [1.165, 1.54) is 12.3 Å². The molecule has 0 unspecified atom stereocenters. The molecule has 0 saturated carbocycles. The van der Waals surface area contributed by atoms with Gasteiger partial charge in [0.05, 0.1) is 25.5 Å².